The fourth-order valence-electron chi connectivity index (χ4n) is 1.70. The Balaban J connectivity index is 2.08. The van der Waals surface area contributed by atoms with E-state index < -0.39 is 5.91 Å². The van der Waals surface area contributed by atoms with Gasteiger partial charge in [-0.15, -0.1) is 11.3 Å². The largest absolute Gasteiger partial charge is 0.377 e. The van der Waals surface area contributed by atoms with Gasteiger partial charge in [-0.3, -0.25) is 9.78 Å². The van der Waals surface area contributed by atoms with Crippen LogP contribution in [0.5, 0.6) is 0 Å². The van der Waals surface area contributed by atoms with E-state index in [-0.39, 0.29) is 0 Å². The molecule has 0 fully saturated rings. The van der Waals surface area contributed by atoms with Crippen molar-refractivity contribution in [1.29, 1.82) is 0 Å². The summed E-state index contributed by atoms with van der Waals surface area (Å²) >= 11 is 1.51. The molecule has 0 aliphatic rings. The van der Waals surface area contributed by atoms with E-state index in [0.29, 0.717) is 12.1 Å². The first-order valence-corrected chi connectivity index (χ1v) is 6.68. The minimum Gasteiger partial charge on any atom is -0.377 e. The minimum atomic E-state index is -0.391. The number of thiophene rings is 1. The number of primary amides is 1. The number of rotatable bonds is 5. The van der Waals surface area contributed by atoms with Crippen molar-refractivity contribution >= 4 is 28.6 Å². The third kappa shape index (κ3) is 3.23. The van der Waals surface area contributed by atoms with Crippen LogP contribution in [-0.2, 0) is 6.54 Å². The molecule has 2 aromatic rings. The van der Waals surface area contributed by atoms with Gasteiger partial charge in [0.15, 0.2) is 0 Å². The van der Waals surface area contributed by atoms with Crippen LogP contribution in [0.4, 0.5) is 11.4 Å². The Kier molecular flexibility index (Phi) is 4.01. The smallest absolute Gasteiger partial charge is 0.249 e. The van der Waals surface area contributed by atoms with Crippen molar-refractivity contribution in [3.63, 3.8) is 0 Å². The van der Waals surface area contributed by atoms with Gasteiger partial charge < -0.3 is 16.0 Å². The first-order chi connectivity index (χ1) is 9.08. The molecule has 0 saturated carbocycles. The molecule has 0 unspecified atom stereocenters. The Morgan fingerprint density at radius 2 is 2.32 bits per heavy atom. The third-order valence-electron chi connectivity index (χ3n) is 2.67. The fraction of sp³-hybridized carbons (Fsp3) is 0.231. The summed E-state index contributed by atoms with van der Waals surface area (Å²) in [5, 5.41) is 5.09. The zero-order chi connectivity index (χ0) is 13.8. The van der Waals surface area contributed by atoms with Crippen LogP contribution in [0.1, 0.15) is 15.2 Å². The lowest BCUT2D eigenvalue weighted by Crippen LogP contribution is -2.12. The molecule has 0 saturated heterocycles. The Morgan fingerprint density at radius 3 is 2.95 bits per heavy atom. The molecule has 0 spiro atoms. The number of pyridine rings is 1. The van der Waals surface area contributed by atoms with Crippen LogP contribution in [0.3, 0.4) is 0 Å². The highest BCUT2D eigenvalue weighted by atomic mass is 32.1. The van der Waals surface area contributed by atoms with Crippen molar-refractivity contribution in [3.05, 3.63) is 40.3 Å². The zero-order valence-corrected chi connectivity index (χ0v) is 11.7. The van der Waals surface area contributed by atoms with Gasteiger partial charge in [0.05, 0.1) is 23.1 Å². The van der Waals surface area contributed by atoms with E-state index in [1.54, 1.807) is 17.8 Å². The summed E-state index contributed by atoms with van der Waals surface area (Å²) in [6.07, 6.45) is 3.55. The molecule has 0 aliphatic heterocycles. The van der Waals surface area contributed by atoms with Gasteiger partial charge in [0, 0.05) is 37.1 Å². The molecule has 3 N–H and O–H groups in total. The summed E-state index contributed by atoms with van der Waals surface area (Å²) in [4.78, 5) is 18.2. The highest BCUT2D eigenvalue weighted by Crippen LogP contribution is 2.24. The van der Waals surface area contributed by atoms with Crippen LogP contribution >= 0.6 is 11.3 Å². The fourth-order valence-corrected chi connectivity index (χ4v) is 2.51. The van der Waals surface area contributed by atoms with Gasteiger partial charge in [0.1, 0.15) is 0 Å². The Hall–Kier alpha value is -2.08. The van der Waals surface area contributed by atoms with Crippen molar-refractivity contribution < 1.29 is 4.79 Å². The van der Waals surface area contributed by atoms with E-state index in [9.17, 15) is 4.79 Å². The number of hydrogen-bond donors (Lipinski definition) is 2. The molecule has 0 bridgehead atoms. The number of hydrogen-bond acceptors (Lipinski definition) is 5. The van der Waals surface area contributed by atoms with Crippen molar-refractivity contribution in [2.45, 2.75) is 6.54 Å². The van der Waals surface area contributed by atoms with Gasteiger partial charge in [-0.1, -0.05) is 0 Å². The van der Waals surface area contributed by atoms with Crippen LogP contribution < -0.4 is 16.0 Å². The maximum Gasteiger partial charge on any atom is 0.249 e. The number of nitrogens with zero attached hydrogens (tertiary/aromatic N) is 2. The molecule has 100 valence electrons. The van der Waals surface area contributed by atoms with E-state index in [0.717, 1.165) is 16.3 Å². The molecule has 0 radical (unpaired) electrons. The first kappa shape index (κ1) is 13.4. The maximum absolute atomic E-state index is 11.0. The molecule has 0 atom stereocenters. The van der Waals surface area contributed by atoms with Crippen molar-refractivity contribution in [2.75, 3.05) is 24.3 Å². The number of nitrogens with one attached hydrogen (secondary N) is 1. The number of amides is 1. The molecule has 0 aromatic carbocycles. The van der Waals surface area contributed by atoms with Gasteiger partial charge in [-0.05, 0) is 12.1 Å². The number of carbonyl (C=O) groups is 1. The molecule has 19 heavy (non-hydrogen) atoms. The van der Waals surface area contributed by atoms with E-state index in [1.165, 1.54) is 11.3 Å². The second kappa shape index (κ2) is 5.71. The molecule has 2 rings (SSSR count). The molecule has 6 heteroatoms. The van der Waals surface area contributed by atoms with Crippen LogP contribution in [0, 0.1) is 0 Å². The minimum absolute atomic E-state index is 0.391. The number of nitrogens with two attached hydrogens (primary N) is 1. The second-order valence-electron chi connectivity index (χ2n) is 4.31. The van der Waals surface area contributed by atoms with Gasteiger partial charge in [0.25, 0.3) is 0 Å². The first-order valence-electron chi connectivity index (χ1n) is 5.80. The second-order valence-corrected chi connectivity index (χ2v) is 5.30. The summed E-state index contributed by atoms with van der Waals surface area (Å²) in [7, 11) is 3.97. The summed E-state index contributed by atoms with van der Waals surface area (Å²) in [5.74, 6) is -0.391. The summed E-state index contributed by atoms with van der Waals surface area (Å²) in [6, 6.07) is 3.76. The lowest BCUT2D eigenvalue weighted by molar-refractivity contribution is 0.100. The lowest BCUT2D eigenvalue weighted by atomic mass is 10.3. The average Bonchev–Trinajstić information content (AvgIpc) is 2.85. The van der Waals surface area contributed by atoms with Gasteiger partial charge >= 0.3 is 0 Å². The van der Waals surface area contributed by atoms with Crippen LogP contribution in [0.15, 0.2) is 29.9 Å². The SMILES string of the molecule is CN(C)c1ccncc1NCc1cc(C(N)=O)cs1. The number of carbonyl (C=O) groups excluding carboxylic acids is 1. The molecular weight excluding hydrogens is 260 g/mol. The van der Waals surface area contributed by atoms with E-state index >= 15 is 0 Å². The van der Waals surface area contributed by atoms with Crippen LogP contribution in [-0.4, -0.2) is 25.0 Å². The Morgan fingerprint density at radius 1 is 1.53 bits per heavy atom. The molecule has 5 nitrogen and oxygen atoms in total. The van der Waals surface area contributed by atoms with Gasteiger partial charge in [0.2, 0.25) is 5.91 Å². The van der Waals surface area contributed by atoms with Gasteiger partial charge in [-0.25, -0.2) is 0 Å². The highest BCUT2D eigenvalue weighted by Gasteiger charge is 2.07. The van der Waals surface area contributed by atoms with E-state index in [1.807, 2.05) is 31.1 Å². The maximum atomic E-state index is 11.0. The topological polar surface area (TPSA) is 71.2 Å². The summed E-state index contributed by atoms with van der Waals surface area (Å²) in [5.41, 5.74) is 7.82. The monoisotopic (exact) mass is 276 g/mol. The Labute approximate surface area is 116 Å². The third-order valence-corrected chi connectivity index (χ3v) is 3.61. The lowest BCUT2D eigenvalue weighted by Gasteiger charge is -2.17. The quantitative estimate of drug-likeness (QED) is 0.875. The molecule has 1 amide bonds. The Bertz CT molecular complexity index is 580. The molecule has 2 heterocycles. The van der Waals surface area contributed by atoms with Gasteiger partial charge in [-0.2, -0.15) is 0 Å². The summed E-state index contributed by atoms with van der Waals surface area (Å²) < 4.78 is 0. The predicted molar refractivity (Wildman–Crippen MR) is 78.7 cm³/mol. The van der Waals surface area contributed by atoms with Crippen LogP contribution in [0.25, 0.3) is 0 Å². The van der Waals surface area contributed by atoms with E-state index in [2.05, 4.69) is 10.3 Å². The standard InChI is InChI=1S/C13H16N4OS/c1-17(2)12-3-4-15-7-11(12)16-6-10-5-9(8-19-10)13(14)18/h3-5,7-8,16H,6H2,1-2H3,(H2,14,18). The molecule has 0 aliphatic carbocycles. The van der Waals surface area contributed by atoms with Crippen molar-refractivity contribution in [1.82, 2.24) is 4.98 Å². The van der Waals surface area contributed by atoms with Crippen molar-refractivity contribution in [3.8, 4) is 0 Å². The van der Waals surface area contributed by atoms with Crippen LogP contribution in [0.2, 0.25) is 0 Å². The zero-order valence-electron chi connectivity index (χ0n) is 10.9. The number of anilines is 2. The molecule has 2 aromatic heterocycles. The average molecular weight is 276 g/mol. The number of aromatic nitrogens is 1. The summed E-state index contributed by atoms with van der Waals surface area (Å²) in [6.45, 7) is 0.643. The highest BCUT2D eigenvalue weighted by molar-refractivity contribution is 7.10. The normalized spacial score (nSPS) is 10.2. The van der Waals surface area contributed by atoms with Crippen molar-refractivity contribution in [2.24, 2.45) is 5.73 Å². The van der Waals surface area contributed by atoms with E-state index in [4.69, 9.17) is 5.73 Å². The molecular formula is C13H16N4OS. The predicted octanol–water partition coefficient (Wildman–Crippen LogP) is 1.92.